The van der Waals surface area contributed by atoms with Crippen molar-refractivity contribution in [3.05, 3.63) is 41.2 Å². The van der Waals surface area contributed by atoms with E-state index in [0.29, 0.717) is 17.4 Å². The van der Waals surface area contributed by atoms with Gasteiger partial charge in [0, 0.05) is 12.7 Å². The Kier molecular flexibility index (Phi) is 3.47. The standard InChI is InChI=1S/C15H16N4OS/c1-4-19-11(5-6-16-19)14(20)18-15-17-13-10(3)7-9(2)8-12(13)21-15/h5-8H,4H2,1-3H3,(H,17,18,20). The molecule has 3 rings (SSSR count). The highest BCUT2D eigenvalue weighted by molar-refractivity contribution is 7.22. The summed E-state index contributed by atoms with van der Waals surface area (Å²) in [6.07, 6.45) is 1.63. The van der Waals surface area contributed by atoms with E-state index in [9.17, 15) is 4.79 Å². The number of aryl methyl sites for hydroxylation is 3. The third-order valence-electron chi connectivity index (χ3n) is 3.30. The van der Waals surface area contributed by atoms with E-state index in [1.807, 2.05) is 13.8 Å². The van der Waals surface area contributed by atoms with Gasteiger partial charge in [-0.05, 0) is 44.0 Å². The highest BCUT2D eigenvalue weighted by atomic mass is 32.1. The lowest BCUT2D eigenvalue weighted by molar-refractivity contribution is 0.101. The summed E-state index contributed by atoms with van der Waals surface area (Å²) in [5, 5.41) is 7.59. The number of benzene rings is 1. The van der Waals surface area contributed by atoms with E-state index >= 15 is 0 Å². The molecule has 0 fully saturated rings. The lowest BCUT2D eigenvalue weighted by Gasteiger charge is -2.03. The second-order valence-corrected chi connectivity index (χ2v) is 5.96. The minimum atomic E-state index is -0.178. The maximum Gasteiger partial charge on any atom is 0.275 e. The second kappa shape index (κ2) is 5.29. The zero-order valence-electron chi connectivity index (χ0n) is 12.2. The van der Waals surface area contributed by atoms with Gasteiger partial charge in [0.2, 0.25) is 0 Å². The molecule has 0 saturated carbocycles. The molecule has 0 atom stereocenters. The molecular formula is C15H16N4OS. The molecule has 2 heterocycles. The number of anilines is 1. The average molecular weight is 300 g/mol. The molecule has 0 bridgehead atoms. The quantitative estimate of drug-likeness (QED) is 0.806. The minimum absolute atomic E-state index is 0.178. The summed E-state index contributed by atoms with van der Waals surface area (Å²) in [7, 11) is 0. The van der Waals surface area contributed by atoms with Crippen molar-refractivity contribution < 1.29 is 4.79 Å². The Morgan fingerprint density at radius 1 is 1.38 bits per heavy atom. The molecule has 0 aliphatic heterocycles. The number of thiazole rings is 1. The van der Waals surface area contributed by atoms with Crippen LogP contribution in [0.4, 0.5) is 5.13 Å². The Balaban J connectivity index is 1.92. The van der Waals surface area contributed by atoms with E-state index in [0.717, 1.165) is 15.8 Å². The Labute approximate surface area is 126 Å². The fourth-order valence-electron chi connectivity index (χ4n) is 2.36. The van der Waals surface area contributed by atoms with Crippen LogP contribution < -0.4 is 5.32 Å². The Hall–Kier alpha value is -2.21. The molecular weight excluding hydrogens is 284 g/mol. The van der Waals surface area contributed by atoms with Crippen LogP contribution in [0, 0.1) is 13.8 Å². The topological polar surface area (TPSA) is 59.8 Å². The Morgan fingerprint density at radius 3 is 2.95 bits per heavy atom. The van der Waals surface area contributed by atoms with Gasteiger partial charge in [0.15, 0.2) is 5.13 Å². The van der Waals surface area contributed by atoms with Gasteiger partial charge in [-0.2, -0.15) is 5.10 Å². The molecule has 1 N–H and O–H groups in total. The van der Waals surface area contributed by atoms with Gasteiger partial charge in [-0.25, -0.2) is 4.98 Å². The molecule has 0 aliphatic carbocycles. The lowest BCUT2D eigenvalue weighted by atomic mass is 10.1. The highest BCUT2D eigenvalue weighted by Gasteiger charge is 2.14. The number of carbonyl (C=O) groups is 1. The summed E-state index contributed by atoms with van der Waals surface area (Å²) >= 11 is 1.49. The molecule has 6 heteroatoms. The molecule has 0 spiro atoms. The molecule has 108 valence electrons. The van der Waals surface area contributed by atoms with Gasteiger partial charge >= 0.3 is 0 Å². The normalized spacial score (nSPS) is 11.0. The van der Waals surface area contributed by atoms with Crippen LogP contribution in [0.15, 0.2) is 24.4 Å². The van der Waals surface area contributed by atoms with Crippen LogP contribution in [0.3, 0.4) is 0 Å². The zero-order chi connectivity index (χ0) is 15.0. The van der Waals surface area contributed by atoms with Crippen molar-refractivity contribution in [3.63, 3.8) is 0 Å². The summed E-state index contributed by atoms with van der Waals surface area (Å²) in [5.41, 5.74) is 3.82. The molecule has 1 aromatic carbocycles. The summed E-state index contributed by atoms with van der Waals surface area (Å²) in [6, 6.07) is 5.90. The van der Waals surface area contributed by atoms with Crippen LogP contribution in [-0.2, 0) is 6.54 Å². The first-order chi connectivity index (χ1) is 10.1. The number of rotatable bonds is 3. The summed E-state index contributed by atoms with van der Waals surface area (Å²) < 4.78 is 2.75. The number of fused-ring (bicyclic) bond motifs is 1. The van der Waals surface area contributed by atoms with E-state index in [1.165, 1.54) is 16.9 Å². The first-order valence-corrected chi connectivity index (χ1v) is 7.61. The maximum atomic E-state index is 12.3. The molecule has 1 amide bonds. The molecule has 21 heavy (non-hydrogen) atoms. The molecule has 3 aromatic rings. The van der Waals surface area contributed by atoms with Crippen molar-refractivity contribution in [2.45, 2.75) is 27.3 Å². The van der Waals surface area contributed by atoms with E-state index < -0.39 is 0 Å². The first-order valence-electron chi connectivity index (χ1n) is 6.79. The smallest absolute Gasteiger partial charge is 0.275 e. The minimum Gasteiger partial charge on any atom is -0.296 e. The van der Waals surface area contributed by atoms with Gasteiger partial charge in [0.05, 0.1) is 10.2 Å². The van der Waals surface area contributed by atoms with Crippen LogP contribution >= 0.6 is 11.3 Å². The number of aromatic nitrogens is 3. The fraction of sp³-hybridized carbons (Fsp3) is 0.267. The molecule has 0 radical (unpaired) electrons. The monoisotopic (exact) mass is 300 g/mol. The van der Waals surface area contributed by atoms with Crippen LogP contribution in [0.5, 0.6) is 0 Å². The third kappa shape index (κ3) is 2.54. The maximum absolute atomic E-state index is 12.3. The number of hydrogen-bond donors (Lipinski definition) is 1. The summed E-state index contributed by atoms with van der Waals surface area (Å²) in [4.78, 5) is 16.8. The van der Waals surface area contributed by atoms with Gasteiger partial charge in [0.25, 0.3) is 5.91 Å². The molecule has 5 nitrogen and oxygen atoms in total. The Bertz CT molecular complexity index is 818. The highest BCUT2D eigenvalue weighted by Crippen LogP contribution is 2.29. The van der Waals surface area contributed by atoms with Crippen molar-refractivity contribution in [1.82, 2.24) is 14.8 Å². The van der Waals surface area contributed by atoms with E-state index in [-0.39, 0.29) is 5.91 Å². The Morgan fingerprint density at radius 2 is 2.19 bits per heavy atom. The average Bonchev–Trinajstić information content (AvgIpc) is 3.04. The van der Waals surface area contributed by atoms with Crippen molar-refractivity contribution in [2.24, 2.45) is 0 Å². The van der Waals surface area contributed by atoms with Crippen LogP contribution in [0.25, 0.3) is 10.2 Å². The number of hydrogen-bond acceptors (Lipinski definition) is 4. The largest absolute Gasteiger partial charge is 0.296 e. The lowest BCUT2D eigenvalue weighted by Crippen LogP contribution is -2.17. The third-order valence-corrected chi connectivity index (χ3v) is 4.22. The van der Waals surface area contributed by atoms with Gasteiger partial charge < -0.3 is 0 Å². The number of amides is 1. The van der Waals surface area contributed by atoms with Crippen molar-refractivity contribution >= 4 is 32.6 Å². The van der Waals surface area contributed by atoms with E-state index in [1.54, 1.807) is 16.9 Å². The van der Waals surface area contributed by atoms with E-state index in [4.69, 9.17) is 0 Å². The van der Waals surface area contributed by atoms with Crippen molar-refractivity contribution in [1.29, 1.82) is 0 Å². The van der Waals surface area contributed by atoms with Crippen LogP contribution in [0.1, 0.15) is 28.5 Å². The SMILES string of the molecule is CCn1nccc1C(=O)Nc1nc2c(C)cc(C)cc2s1. The van der Waals surface area contributed by atoms with Gasteiger partial charge in [-0.1, -0.05) is 17.4 Å². The predicted octanol–water partition coefficient (Wildman–Crippen LogP) is 3.38. The molecule has 2 aromatic heterocycles. The molecule has 0 unspecified atom stereocenters. The summed E-state index contributed by atoms with van der Waals surface area (Å²) in [6.45, 7) is 6.71. The zero-order valence-corrected chi connectivity index (χ0v) is 13.0. The molecule has 0 saturated heterocycles. The van der Waals surface area contributed by atoms with E-state index in [2.05, 4.69) is 34.5 Å². The first kappa shape index (κ1) is 13.8. The van der Waals surface area contributed by atoms with Crippen LogP contribution in [0.2, 0.25) is 0 Å². The van der Waals surface area contributed by atoms with Crippen molar-refractivity contribution in [2.75, 3.05) is 5.32 Å². The number of carbonyl (C=O) groups excluding carboxylic acids is 1. The number of nitrogens with zero attached hydrogens (tertiary/aromatic N) is 3. The summed E-state index contributed by atoms with van der Waals surface area (Å²) in [5.74, 6) is -0.178. The van der Waals surface area contributed by atoms with Gasteiger partial charge in [-0.15, -0.1) is 0 Å². The van der Waals surface area contributed by atoms with Gasteiger partial charge in [0.1, 0.15) is 5.69 Å². The number of nitrogens with one attached hydrogen (secondary N) is 1. The van der Waals surface area contributed by atoms with Crippen molar-refractivity contribution in [3.8, 4) is 0 Å². The second-order valence-electron chi connectivity index (χ2n) is 4.93. The molecule has 0 aliphatic rings. The predicted molar refractivity (Wildman–Crippen MR) is 84.9 cm³/mol. The van der Waals surface area contributed by atoms with Crippen LogP contribution in [-0.4, -0.2) is 20.7 Å². The fourth-order valence-corrected chi connectivity index (χ4v) is 3.40. The van der Waals surface area contributed by atoms with Gasteiger partial charge in [-0.3, -0.25) is 14.8 Å².